The topological polar surface area (TPSA) is 91.9 Å². The van der Waals surface area contributed by atoms with Crippen molar-refractivity contribution in [3.05, 3.63) is 46.5 Å². The van der Waals surface area contributed by atoms with Gasteiger partial charge in [-0.2, -0.15) is 0 Å². The zero-order valence-electron chi connectivity index (χ0n) is 16.6. The third-order valence-corrected chi connectivity index (χ3v) is 5.50. The summed E-state index contributed by atoms with van der Waals surface area (Å²) < 4.78 is 9.13. The van der Waals surface area contributed by atoms with E-state index in [0.717, 1.165) is 36.9 Å². The van der Waals surface area contributed by atoms with E-state index in [-0.39, 0.29) is 11.5 Å². The van der Waals surface area contributed by atoms with Gasteiger partial charge in [0.1, 0.15) is 5.75 Å². The van der Waals surface area contributed by atoms with E-state index in [4.69, 9.17) is 4.74 Å². The summed E-state index contributed by atoms with van der Waals surface area (Å²) in [5.74, 6) is 1.25. The van der Waals surface area contributed by atoms with Crippen LogP contribution < -0.4 is 10.3 Å². The number of aryl methyl sites for hydroxylation is 1. The zero-order chi connectivity index (χ0) is 20.2. The van der Waals surface area contributed by atoms with Crippen molar-refractivity contribution >= 4 is 16.8 Å². The van der Waals surface area contributed by atoms with Gasteiger partial charge >= 0.3 is 0 Å². The first-order chi connectivity index (χ1) is 14.1. The molecule has 2 aromatic heterocycles. The van der Waals surface area contributed by atoms with E-state index in [2.05, 4.69) is 15.5 Å². The van der Waals surface area contributed by atoms with Crippen LogP contribution in [0.1, 0.15) is 62.1 Å². The summed E-state index contributed by atoms with van der Waals surface area (Å²) in [4.78, 5) is 23.9. The van der Waals surface area contributed by atoms with Gasteiger partial charge in [0.25, 0.3) is 5.56 Å². The molecule has 0 N–H and O–H groups in total. The van der Waals surface area contributed by atoms with Crippen LogP contribution in [-0.4, -0.2) is 37.3 Å². The molecule has 1 aliphatic rings. The number of ether oxygens (including phenoxy) is 1. The number of benzene rings is 1. The second-order valence-electron chi connectivity index (χ2n) is 7.50. The van der Waals surface area contributed by atoms with Crippen LogP contribution in [0, 0.1) is 0 Å². The Balaban J connectivity index is 1.43. The van der Waals surface area contributed by atoms with Crippen molar-refractivity contribution in [1.82, 2.24) is 24.8 Å². The van der Waals surface area contributed by atoms with Crippen LogP contribution in [-0.2, 0) is 6.42 Å². The summed E-state index contributed by atoms with van der Waals surface area (Å²) in [5, 5.41) is 13.0. The fraction of sp³-hybridized carbons (Fsp3) is 0.476. The highest BCUT2D eigenvalue weighted by Gasteiger charge is 2.19. The van der Waals surface area contributed by atoms with Gasteiger partial charge in [0.15, 0.2) is 5.82 Å². The lowest BCUT2D eigenvalue weighted by atomic mass is 9.95. The van der Waals surface area contributed by atoms with Gasteiger partial charge in [0.05, 0.1) is 18.2 Å². The summed E-state index contributed by atoms with van der Waals surface area (Å²) in [7, 11) is 0. The van der Waals surface area contributed by atoms with E-state index in [1.165, 1.54) is 36.8 Å². The molecule has 0 aliphatic heterocycles. The number of tetrazole rings is 1. The minimum atomic E-state index is -0.336. The average molecular weight is 395 g/mol. The lowest BCUT2D eigenvalue weighted by Gasteiger charge is -2.22. The Bertz CT molecular complexity index is 1070. The lowest BCUT2D eigenvalue weighted by molar-refractivity contribution is 0.0937. The standard InChI is InChI=1S/C21H25N5O3/c1-15(27)25-18-9-5-10-19(17(18)12-13-21(25)28)29-14-6-11-20-22-23-24-26(20)16-7-3-2-4-8-16/h5,9-10,12-13,16H,2-4,6-8,11,14H2,1H3. The Labute approximate surface area is 168 Å². The minimum absolute atomic E-state index is 0.313. The minimum Gasteiger partial charge on any atom is -0.493 e. The van der Waals surface area contributed by atoms with Crippen LogP contribution in [0.4, 0.5) is 0 Å². The van der Waals surface area contributed by atoms with Gasteiger partial charge in [-0.25, -0.2) is 9.25 Å². The number of carbonyl (C=O) groups is 1. The number of nitrogens with zero attached hydrogens (tertiary/aromatic N) is 5. The van der Waals surface area contributed by atoms with Gasteiger partial charge in [0, 0.05) is 24.8 Å². The third-order valence-electron chi connectivity index (χ3n) is 5.50. The van der Waals surface area contributed by atoms with E-state index in [1.54, 1.807) is 18.2 Å². The molecule has 0 unspecified atom stereocenters. The molecule has 8 heteroatoms. The number of rotatable bonds is 6. The molecule has 0 spiro atoms. The van der Waals surface area contributed by atoms with Crippen molar-refractivity contribution in [2.75, 3.05) is 6.61 Å². The van der Waals surface area contributed by atoms with Gasteiger partial charge in [-0.05, 0) is 47.9 Å². The van der Waals surface area contributed by atoms with Crippen molar-refractivity contribution < 1.29 is 9.53 Å². The van der Waals surface area contributed by atoms with Crippen molar-refractivity contribution in [2.45, 2.75) is 57.9 Å². The summed E-state index contributed by atoms with van der Waals surface area (Å²) in [5.41, 5.74) is 0.223. The second-order valence-corrected chi connectivity index (χ2v) is 7.50. The molecule has 0 saturated heterocycles. The third kappa shape index (κ3) is 4.06. The molecule has 0 amide bonds. The molecule has 0 bridgehead atoms. The Morgan fingerprint density at radius 2 is 2.00 bits per heavy atom. The molecular formula is C21H25N5O3. The Morgan fingerprint density at radius 1 is 1.17 bits per heavy atom. The summed E-state index contributed by atoms with van der Waals surface area (Å²) >= 11 is 0. The fourth-order valence-corrected chi connectivity index (χ4v) is 4.09. The molecule has 4 rings (SSSR count). The van der Waals surface area contributed by atoms with Gasteiger partial charge in [0.2, 0.25) is 5.91 Å². The normalized spacial score (nSPS) is 14.9. The molecular weight excluding hydrogens is 370 g/mol. The van der Waals surface area contributed by atoms with E-state index >= 15 is 0 Å². The molecule has 8 nitrogen and oxygen atoms in total. The summed E-state index contributed by atoms with van der Waals surface area (Å²) in [6, 6.07) is 8.91. The average Bonchev–Trinajstić information content (AvgIpc) is 3.20. The predicted octanol–water partition coefficient (Wildman–Crippen LogP) is 3.16. The van der Waals surface area contributed by atoms with Crippen molar-refractivity contribution in [3.8, 4) is 5.75 Å². The smallest absolute Gasteiger partial charge is 0.257 e. The van der Waals surface area contributed by atoms with Gasteiger partial charge in [-0.1, -0.05) is 25.3 Å². The summed E-state index contributed by atoms with van der Waals surface area (Å²) in [6.07, 6.45) is 7.57. The number of hydrogen-bond acceptors (Lipinski definition) is 6. The van der Waals surface area contributed by atoms with E-state index in [1.807, 2.05) is 10.7 Å². The van der Waals surface area contributed by atoms with Crippen molar-refractivity contribution in [1.29, 1.82) is 0 Å². The van der Waals surface area contributed by atoms with Gasteiger partial charge in [-0.15, -0.1) is 5.10 Å². The molecule has 1 saturated carbocycles. The highest BCUT2D eigenvalue weighted by atomic mass is 16.5. The number of hydrogen-bond donors (Lipinski definition) is 0. The van der Waals surface area contributed by atoms with Crippen LogP contribution in [0.25, 0.3) is 10.9 Å². The number of pyridine rings is 1. The maximum absolute atomic E-state index is 12.0. The van der Waals surface area contributed by atoms with Crippen molar-refractivity contribution in [3.63, 3.8) is 0 Å². The Kier molecular flexibility index (Phi) is 5.69. The van der Waals surface area contributed by atoms with E-state index in [0.29, 0.717) is 23.9 Å². The number of fused-ring (bicyclic) bond motifs is 1. The monoisotopic (exact) mass is 395 g/mol. The van der Waals surface area contributed by atoms with E-state index in [9.17, 15) is 9.59 Å². The first-order valence-corrected chi connectivity index (χ1v) is 10.2. The largest absolute Gasteiger partial charge is 0.493 e. The second kappa shape index (κ2) is 8.55. The van der Waals surface area contributed by atoms with Gasteiger partial charge in [-0.3, -0.25) is 9.59 Å². The van der Waals surface area contributed by atoms with Crippen LogP contribution in [0.15, 0.2) is 35.1 Å². The van der Waals surface area contributed by atoms with E-state index < -0.39 is 0 Å². The molecule has 29 heavy (non-hydrogen) atoms. The SMILES string of the molecule is CC(=O)n1c(=O)ccc2c(OCCCc3nnnn3C3CCCCC3)cccc21. The fourth-order valence-electron chi connectivity index (χ4n) is 4.09. The number of aromatic nitrogens is 5. The highest BCUT2D eigenvalue weighted by molar-refractivity contribution is 5.93. The molecule has 1 aliphatic carbocycles. The van der Waals surface area contributed by atoms with Crippen LogP contribution in [0.3, 0.4) is 0 Å². The quantitative estimate of drug-likeness (QED) is 0.595. The Hall–Kier alpha value is -3.03. The van der Waals surface area contributed by atoms with Crippen molar-refractivity contribution in [2.24, 2.45) is 0 Å². The summed E-state index contributed by atoms with van der Waals surface area (Å²) in [6.45, 7) is 1.88. The van der Waals surface area contributed by atoms with Crippen LogP contribution >= 0.6 is 0 Å². The van der Waals surface area contributed by atoms with Crippen LogP contribution in [0.5, 0.6) is 5.75 Å². The highest BCUT2D eigenvalue weighted by Crippen LogP contribution is 2.28. The molecule has 3 aromatic rings. The maximum Gasteiger partial charge on any atom is 0.257 e. The maximum atomic E-state index is 12.0. The molecule has 0 atom stereocenters. The molecule has 2 heterocycles. The molecule has 1 fully saturated rings. The first-order valence-electron chi connectivity index (χ1n) is 10.2. The predicted molar refractivity (Wildman–Crippen MR) is 108 cm³/mol. The number of carbonyl (C=O) groups excluding carboxylic acids is 1. The van der Waals surface area contributed by atoms with Gasteiger partial charge < -0.3 is 4.74 Å². The molecule has 0 radical (unpaired) electrons. The Morgan fingerprint density at radius 3 is 2.79 bits per heavy atom. The zero-order valence-corrected chi connectivity index (χ0v) is 16.6. The molecule has 1 aromatic carbocycles. The molecule has 152 valence electrons. The lowest BCUT2D eigenvalue weighted by Crippen LogP contribution is -2.24. The first kappa shape index (κ1) is 19.3. The van der Waals surface area contributed by atoms with Crippen LogP contribution in [0.2, 0.25) is 0 Å².